The topological polar surface area (TPSA) is 46.9 Å². The molecule has 128 valence electrons. The fourth-order valence-corrected chi connectivity index (χ4v) is 4.16. The van der Waals surface area contributed by atoms with Crippen LogP contribution in [0.2, 0.25) is 0 Å². The van der Waals surface area contributed by atoms with Gasteiger partial charge in [0.1, 0.15) is 0 Å². The molecule has 1 unspecified atom stereocenters. The van der Waals surface area contributed by atoms with Gasteiger partial charge in [0.2, 0.25) is 5.91 Å². The van der Waals surface area contributed by atoms with Crippen molar-refractivity contribution in [1.82, 2.24) is 14.9 Å². The van der Waals surface area contributed by atoms with Gasteiger partial charge in [-0.2, -0.15) is 0 Å². The molecule has 1 saturated carbocycles. The van der Waals surface area contributed by atoms with E-state index in [9.17, 15) is 4.79 Å². The van der Waals surface area contributed by atoms with Crippen LogP contribution >= 0.6 is 11.8 Å². The highest BCUT2D eigenvalue weighted by Gasteiger charge is 2.22. The summed E-state index contributed by atoms with van der Waals surface area (Å²) < 4.78 is 2.06. The summed E-state index contributed by atoms with van der Waals surface area (Å²) in [6.45, 7) is 6.14. The standard InChI is InChI=1S/C19H25N3OS/c1-13-10-14(2)12-17(11-13)22-9-8-20-19(22)24-15(3)18(23)21-16-6-4-5-7-16/h8-12,15-16H,4-7H2,1-3H3,(H,21,23). The van der Waals surface area contributed by atoms with Crippen molar-refractivity contribution in [3.05, 3.63) is 41.7 Å². The maximum Gasteiger partial charge on any atom is 0.233 e. The van der Waals surface area contributed by atoms with E-state index in [4.69, 9.17) is 0 Å². The molecule has 0 bridgehead atoms. The van der Waals surface area contributed by atoms with Crippen molar-refractivity contribution in [3.8, 4) is 5.69 Å². The quantitative estimate of drug-likeness (QED) is 0.834. The van der Waals surface area contributed by atoms with Gasteiger partial charge in [-0.1, -0.05) is 30.7 Å². The van der Waals surface area contributed by atoms with E-state index < -0.39 is 0 Å². The van der Waals surface area contributed by atoms with Crippen LogP contribution < -0.4 is 5.32 Å². The smallest absolute Gasteiger partial charge is 0.233 e. The first-order valence-electron chi connectivity index (χ1n) is 8.62. The Morgan fingerprint density at radius 3 is 2.58 bits per heavy atom. The van der Waals surface area contributed by atoms with Gasteiger partial charge >= 0.3 is 0 Å². The Morgan fingerprint density at radius 1 is 1.25 bits per heavy atom. The minimum atomic E-state index is -0.155. The predicted octanol–water partition coefficient (Wildman–Crippen LogP) is 4.03. The van der Waals surface area contributed by atoms with Crippen LogP contribution in [-0.2, 0) is 4.79 Å². The number of amides is 1. The zero-order chi connectivity index (χ0) is 17.1. The van der Waals surface area contributed by atoms with E-state index in [1.807, 2.05) is 13.1 Å². The monoisotopic (exact) mass is 343 g/mol. The molecule has 0 saturated heterocycles. The highest BCUT2D eigenvalue weighted by Crippen LogP contribution is 2.26. The lowest BCUT2D eigenvalue weighted by Gasteiger charge is -2.17. The van der Waals surface area contributed by atoms with E-state index >= 15 is 0 Å². The number of carbonyl (C=O) groups excluding carboxylic acids is 1. The zero-order valence-electron chi connectivity index (χ0n) is 14.6. The minimum absolute atomic E-state index is 0.113. The summed E-state index contributed by atoms with van der Waals surface area (Å²) in [6.07, 6.45) is 8.42. The van der Waals surface area contributed by atoms with Crippen LogP contribution in [0.3, 0.4) is 0 Å². The van der Waals surface area contributed by atoms with Crippen molar-refractivity contribution in [2.75, 3.05) is 0 Å². The molecule has 4 nitrogen and oxygen atoms in total. The summed E-state index contributed by atoms with van der Waals surface area (Å²) in [6, 6.07) is 6.80. The number of nitrogens with one attached hydrogen (secondary N) is 1. The van der Waals surface area contributed by atoms with Gasteiger partial charge in [-0.15, -0.1) is 0 Å². The highest BCUT2D eigenvalue weighted by atomic mass is 32.2. The summed E-state index contributed by atoms with van der Waals surface area (Å²) in [7, 11) is 0. The average Bonchev–Trinajstić information content (AvgIpc) is 3.17. The number of hydrogen-bond donors (Lipinski definition) is 1. The lowest BCUT2D eigenvalue weighted by molar-refractivity contribution is -0.120. The zero-order valence-corrected chi connectivity index (χ0v) is 15.4. The normalized spacial score (nSPS) is 16.3. The van der Waals surface area contributed by atoms with E-state index in [1.54, 1.807) is 6.20 Å². The van der Waals surface area contributed by atoms with E-state index in [0.717, 1.165) is 23.7 Å². The van der Waals surface area contributed by atoms with Gasteiger partial charge in [-0.25, -0.2) is 4.98 Å². The van der Waals surface area contributed by atoms with Crippen LogP contribution in [0.15, 0.2) is 35.7 Å². The van der Waals surface area contributed by atoms with Crippen LogP contribution in [0, 0.1) is 13.8 Å². The fourth-order valence-electron chi connectivity index (χ4n) is 3.26. The number of carbonyl (C=O) groups is 1. The van der Waals surface area contributed by atoms with Crippen LogP contribution in [-0.4, -0.2) is 26.8 Å². The third-order valence-electron chi connectivity index (χ3n) is 4.44. The average molecular weight is 343 g/mol. The summed E-state index contributed by atoms with van der Waals surface area (Å²) in [5.74, 6) is 0.113. The molecule has 1 fully saturated rings. The summed E-state index contributed by atoms with van der Waals surface area (Å²) in [5, 5.41) is 3.87. The molecule has 0 radical (unpaired) electrons. The lowest BCUT2D eigenvalue weighted by atomic mass is 10.1. The number of rotatable bonds is 5. The molecule has 0 aliphatic heterocycles. The van der Waals surface area contributed by atoms with Crippen LogP contribution in [0.4, 0.5) is 0 Å². The van der Waals surface area contributed by atoms with E-state index in [2.05, 4.69) is 46.9 Å². The number of aromatic nitrogens is 2. The molecule has 1 aromatic heterocycles. The molecule has 2 aromatic rings. The maximum absolute atomic E-state index is 12.4. The molecule has 3 rings (SSSR count). The summed E-state index contributed by atoms with van der Waals surface area (Å²) in [4.78, 5) is 16.9. The molecular formula is C19H25N3OS. The van der Waals surface area contributed by atoms with E-state index in [1.165, 1.54) is 35.7 Å². The largest absolute Gasteiger partial charge is 0.352 e. The van der Waals surface area contributed by atoms with Gasteiger partial charge in [0.05, 0.1) is 5.25 Å². The highest BCUT2D eigenvalue weighted by molar-refractivity contribution is 8.00. The Balaban J connectivity index is 1.71. The van der Waals surface area contributed by atoms with Gasteiger partial charge in [0.15, 0.2) is 5.16 Å². The molecule has 1 amide bonds. The molecule has 1 N–H and O–H groups in total. The molecule has 1 heterocycles. The maximum atomic E-state index is 12.4. The number of imidazole rings is 1. The van der Waals surface area contributed by atoms with Crippen LogP contribution in [0.5, 0.6) is 0 Å². The second-order valence-corrected chi connectivity index (χ2v) is 7.98. The Kier molecular flexibility index (Phi) is 5.29. The third-order valence-corrected chi connectivity index (χ3v) is 5.52. The predicted molar refractivity (Wildman–Crippen MR) is 98.8 cm³/mol. The SMILES string of the molecule is Cc1cc(C)cc(-n2ccnc2SC(C)C(=O)NC2CCCC2)c1. The first-order valence-corrected chi connectivity index (χ1v) is 9.50. The molecule has 1 atom stereocenters. The van der Waals surface area contributed by atoms with Crippen molar-refractivity contribution >= 4 is 17.7 Å². The number of nitrogens with zero attached hydrogens (tertiary/aromatic N) is 2. The van der Waals surface area contributed by atoms with Crippen molar-refractivity contribution in [2.24, 2.45) is 0 Å². The first-order chi connectivity index (χ1) is 11.5. The summed E-state index contributed by atoms with van der Waals surface area (Å²) in [5.41, 5.74) is 3.54. The number of aryl methyl sites for hydroxylation is 2. The van der Waals surface area contributed by atoms with Gasteiger partial charge in [-0.05, 0) is 56.9 Å². The van der Waals surface area contributed by atoms with E-state index in [0.29, 0.717) is 6.04 Å². The molecule has 1 aliphatic rings. The minimum Gasteiger partial charge on any atom is -0.352 e. The third kappa shape index (κ3) is 4.01. The van der Waals surface area contributed by atoms with Crippen molar-refractivity contribution in [1.29, 1.82) is 0 Å². The molecule has 0 spiro atoms. The van der Waals surface area contributed by atoms with E-state index in [-0.39, 0.29) is 11.2 Å². The van der Waals surface area contributed by atoms with Crippen molar-refractivity contribution in [3.63, 3.8) is 0 Å². The Hall–Kier alpha value is -1.75. The molecular weight excluding hydrogens is 318 g/mol. The Labute approximate surface area is 148 Å². The van der Waals surface area contributed by atoms with Gasteiger partial charge < -0.3 is 5.32 Å². The second-order valence-electron chi connectivity index (χ2n) is 6.68. The molecule has 5 heteroatoms. The molecule has 1 aliphatic carbocycles. The van der Waals surface area contributed by atoms with Crippen molar-refractivity contribution < 1.29 is 4.79 Å². The van der Waals surface area contributed by atoms with Gasteiger partial charge in [0.25, 0.3) is 0 Å². The Morgan fingerprint density at radius 2 is 1.92 bits per heavy atom. The van der Waals surface area contributed by atoms with Crippen LogP contribution in [0.1, 0.15) is 43.7 Å². The molecule has 24 heavy (non-hydrogen) atoms. The fraction of sp³-hybridized carbons (Fsp3) is 0.474. The van der Waals surface area contributed by atoms with Crippen molar-refractivity contribution in [2.45, 2.75) is 62.9 Å². The number of hydrogen-bond acceptors (Lipinski definition) is 3. The molecule has 1 aromatic carbocycles. The van der Waals surface area contributed by atoms with Crippen LogP contribution in [0.25, 0.3) is 5.69 Å². The number of thioether (sulfide) groups is 1. The lowest BCUT2D eigenvalue weighted by Crippen LogP contribution is -2.37. The van der Waals surface area contributed by atoms with Gasteiger partial charge in [0, 0.05) is 24.1 Å². The first kappa shape index (κ1) is 17.1. The van der Waals surface area contributed by atoms with Gasteiger partial charge in [-0.3, -0.25) is 9.36 Å². The number of benzene rings is 1. The second kappa shape index (κ2) is 7.43. The Bertz CT molecular complexity index is 699. The summed E-state index contributed by atoms with van der Waals surface area (Å²) >= 11 is 1.51.